The summed E-state index contributed by atoms with van der Waals surface area (Å²) < 4.78 is 0. The first kappa shape index (κ1) is 12.8. The van der Waals surface area contributed by atoms with Crippen LogP contribution in [0.2, 0.25) is 0 Å². The summed E-state index contributed by atoms with van der Waals surface area (Å²) in [6.45, 7) is 0. The van der Waals surface area contributed by atoms with E-state index in [4.69, 9.17) is 5.11 Å². The number of aliphatic carboxylic acids is 1. The lowest BCUT2D eigenvalue weighted by Gasteiger charge is -2.11. The highest BCUT2D eigenvalue weighted by Crippen LogP contribution is 2.32. The van der Waals surface area contributed by atoms with E-state index in [9.17, 15) is 15.0 Å². The van der Waals surface area contributed by atoms with Gasteiger partial charge in [0.05, 0.1) is 0 Å². The SMILES string of the molecule is O=C(O)C(O)C(O)c1ccc(-c2ccccc2)s1. The molecule has 0 saturated heterocycles. The third-order valence-electron chi connectivity index (χ3n) is 2.53. The van der Waals surface area contributed by atoms with E-state index >= 15 is 0 Å². The standard InChI is InChI=1S/C13H12O4S/c14-11(12(15)13(16)17)10-7-6-9(18-10)8-4-2-1-3-5-8/h1-7,11-12,14-15H,(H,16,17). The van der Waals surface area contributed by atoms with Gasteiger partial charge in [0.1, 0.15) is 6.10 Å². The van der Waals surface area contributed by atoms with E-state index in [1.807, 2.05) is 30.3 Å². The molecule has 0 bridgehead atoms. The van der Waals surface area contributed by atoms with Gasteiger partial charge in [0.25, 0.3) is 0 Å². The molecule has 18 heavy (non-hydrogen) atoms. The Morgan fingerprint density at radius 2 is 1.72 bits per heavy atom. The van der Waals surface area contributed by atoms with Crippen LogP contribution in [-0.4, -0.2) is 27.4 Å². The molecule has 94 valence electrons. The van der Waals surface area contributed by atoms with E-state index in [0.717, 1.165) is 10.4 Å². The molecule has 0 saturated carbocycles. The minimum absolute atomic E-state index is 0.434. The maximum absolute atomic E-state index is 10.6. The maximum Gasteiger partial charge on any atom is 0.335 e. The molecule has 1 aromatic carbocycles. The molecule has 4 nitrogen and oxygen atoms in total. The van der Waals surface area contributed by atoms with E-state index in [1.165, 1.54) is 11.3 Å². The summed E-state index contributed by atoms with van der Waals surface area (Å²) >= 11 is 1.27. The Morgan fingerprint density at radius 1 is 1.06 bits per heavy atom. The fourth-order valence-electron chi connectivity index (χ4n) is 1.56. The molecule has 0 aliphatic rings. The molecule has 0 amide bonds. The third kappa shape index (κ3) is 2.59. The largest absolute Gasteiger partial charge is 0.479 e. The number of aliphatic hydroxyl groups excluding tert-OH is 2. The van der Waals surface area contributed by atoms with Gasteiger partial charge in [0.15, 0.2) is 6.10 Å². The average Bonchev–Trinajstić information content (AvgIpc) is 2.87. The molecule has 0 radical (unpaired) electrons. The van der Waals surface area contributed by atoms with Crippen molar-refractivity contribution in [1.29, 1.82) is 0 Å². The minimum Gasteiger partial charge on any atom is -0.479 e. The van der Waals surface area contributed by atoms with Gasteiger partial charge in [-0.1, -0.05) is 30.3 Å². The zero-order valence-electron chi connectivity index (χ0n) is 9.35. The molecule has 3 N–H and O–H groups in total. The summed E-state index contributed by atoms with van der Waals surface area (Å²) in [5.74, 6) is -1.43. The van der Waals surface area contributed by atoms with Gasteiger partial charge in [0, 0.05) is 9.75 Å². The molecule has 0 fully saturated rings. The van der Waals surface area contributed by atoms with Crippen molar-refractivity contribution in [2.24, 2.45) is 0 Å². The topological polar surface area (TPSA) is 77.8 Å². The normalized spacial score (nSPS) is 14.1. The van der Waals surface area contributed by atoms with Crippen LogP contribution in [0.25, 0.3) is 10.4 Å². The smallest absolute Gasteiger partial charge is 0.335 e. The molecule has 0 aliphatic carbocycles. The zero-order chi connectivity index (χ0) is 13.1. The highest BCUT2D eigenvalue weighted by atomic mass is 32.1. The quantitative estimate of drug-likeness (QED) is 0.788. The Balaban J connectivity index is 2.23. The molecular weight excluding hydrogens is 252 g/mol. The lowest BCUT2D eigenvalue weighted by atomic mass is 10.1. The molecule has 2 aromatic rings. The van der Waals surface area contributed by atoms with Crippen LogP contribution < -0.4 is 0 Å². The number of benzene rings is 1. The number of thiophene rings is 1. The molecule has 2 rings (SSSR count). The Labute approximate surface area is 108 Å². The van der Waals surface area contributed by atoms with E-state index in [0.29, 0.717) is 4.88 Å². The van der Waals surface area contributed by atoms with Crippen molar-refractivity contribution in [2.45, 2.75) is 12.2 Å². The fourth-order valence-corrected chi connectivity index (χ4v) is 2.59. The van der Waals surface area contributed by atoms with E-state index in [2.05, 4.69) is 0 Å². The van der Waals surface area contributed by atoms with Crippen molar-refractivity contribution in [3.63, 3.8) is 0 Å². The average molecular weight is 264 g/mol. The van der Waals surface area contributed by atoms with Crippen LogP contribution in [0, 0.1) is 0 Å². The van der Waals surface area contributed by atoms with Gasteiger partial charge in [-0.25, -0.2) is 4.79 Å². The van der Waals surface area contributed by atoms with E-state index in [-0.39, 0.29) is 0 Å². The minimum atomic E-state index is -1.80. The summed E-state index contributed by atoms with van der Waals surface area (Å²) in [6.07, 6.45) is -3.20. The lowest BCUT2D eigenvalue weighted by molar-refractivity contribution is -0.152. The first-order valence-electron chi connectivity index (χ1n) is 5.33. The van der Waals surface area contributed by atoms with Crippen LogP contribution >= 0.6 is 11.3 Å². The van der Waals surface area contributed by atoms with Gasteiger partial charge >= 0.3 is 5.97 Å². The molecule has 5 heteroatoms. The Bertz CT molecular complexity index is 535. The summed E-state index contributed by atoms with van der Waals surface area (Å²) in [5, 5.41) is 27.6. The number of hydrogen-bond donors (Lipinski definition) is 3. The lowest BCUT2D eigenvalue weighted by Crippen LogP contribution is -2.26. The molecule has 0 spiro atoms. The predicted molar refractivity (Wildman–Crippen MR) is 68.4 cm³/mol. The molecule has 2 unspecified atom stereocenters. The van der Waals surface area contributed by atoms with Crippen molar-refractivity contribution in [2.75, 3.05) is 0 Å². The number of carboxylic acid groups (broad SMARTS) is 1. The number of carboxylic acids is 1. The van der Waals surface area contributed by atoms with Crippen molar-refractivity contribution < 1.29 is 20.1 Å². The van der Waals surface area contributed by atoms with Crippen LogP contribution in [0.15, 0.2) is 42.5 Å². The van der Waals surface area contributed by atoms with Gasteiger partial charge in [-0.05, 0) is 17.7 Å². The molecular formula is C13H12O4S. The van der Waals surface area contributed by atoms with Crippen molar-refractivity contribution >= 4 is 17.3 Å². The Morgan fingerprint density at radius 3 is 2.33 bits per heavy atom. The zero-order valence-corrected chi connectivity index (χ0v) is 10.2. The van der Waals surface area contributed by atoms with Crippen LogP contribution in [0.4, 0.5) is 0 Å². The van der Waals surface area contributed by atoms with Crippen molar-refractivity contribution in [3.05, 3.63) is 47.3 Å². The first-order chi connectivity index (χ1) is 8.59. The van der Waals surface area contributed by atoms with Crippen LogP contribution in [0.3, 0.4) is 0 Å². The van der Waals surface area contributed by atoms with E-state index < -0.39 is 18.2 Å². The monoisotopic (exact) mass is 264 g/mol. The second kappa shape index (κ2) is 5.30. The van der Waals surface area contributed by atoms with E-state index in [1.54, 1.807) is 12.1 Å². The summed E-state index contributed by atoms with van der Waals surface area (Å²) in [4.78, 5) is 11.9. The molecule has 2 atom stereocenters. The highest BCUT2D eigenvalue weighted by molar-refractivity contribution is 7.15. The summed E-state index contributed by atoms with van der Waals surface area (Å²) in [7, 11) is 0. The number of hydrogen-bond acceptors (Lipinski definition) is 4. The highest BCUT2D eigenvalue weighted by Gasteiger charge is 2.26. The van der Waals surface area contributed by atoms with Gasteiger partial charge in [-0.2, -0.15) is 0 Å². The van der Waals surface area contributed by atoms with Crippen LogP contribution in [0.1, 0.15) is 11.0 Å². The molecule has 0 aliphatic heterocycles. The fraction of sp³-hybridized carbons (Fsp3) is 0.154. The Kier molecular flexibility index (Phi) is 3.76. The first-order valence-corrected chi connectivity index (χ1v) is 6.15. The number of aliphatic hydroxyl groups is 2. The second-order valence-electron chi connectivity index (χ2n) is 3.80. The van der Waals surface area contributed by atoms with Gasteiger partial charge in [-0.3, -0.25) is 0 Å². The molecule has 1 aromatic heterocycles. The summed E-state index contributed by atoms with van der Waals surface area (Å²) in [6, 6.07) is 13.0. The van der Waals surface area contributed by atoms with Gasteiger partial charge in [0.2, 0.25) is 0 Å². The van der Waals surface area contributed by atoms with Crippen molar-refractivity contribution in [1.82, 2.24) is 0 Å². The predicted octanol–water partition coefficient (Wildman–Crippen LogP) is 1.89. The second-order valence-corrected chi connectivity index (χ2v) is 4.91. The van der Waals surface area contributed by atoms with Crippen molar-refractivity contribution in [3.8, 4) is 10.4 Å². The molecule has 1 heterocycles. The van der Waals surface area contributed by atoms with Crippen LogP contribution in [-0.2, 0) is 4.79 Å². The van der Waals surface area contributed by atoms with Crippen LogP contribution in [0.5, 0.6) is 0 Å². The number of rotatable bonds is 4. The van der Waals surface area contributed by atoms with Gasteiger partial charge < -0.3 is 15.3 Å². The Hall–Kier alpha value is -1.69. The number of carbonyl (C=O) groups is 1. The summed E-state index contributed by atoms with van der Waals surface area (Å²) in [5.41, 5.74) is 0.991. The van der Waals surface area contributed by atoms with Gasteiger partial charge in [-0.15, -0.1) is 11.3 Å². The maximum atomic E-state index is 10.6. The third-order valence-corrected chi connectivity index (χ3v) is 3.73.